The fraction of sp³-hybridized carbons (Fsp3) is 0.250. The van der Waals surface area contributed by atoms with Crippen molar-refractivity contribution in [1.29, 1.82) is 0 Å². The monoisotopic (exact) mass is 183 g/mol. The number of rotatable bonds is 2. The quantitative estimate of drug-likeness (QED) is 0.629. The molecule has 0 aliphatic carbocycles. The molecule has 0 aliphatic heterocycles. The minimum atomic E-state index is -1.19. The van der Waals surface area contributed by atoms with Gasteiger partial charge in [-0.2, -0.15) is 4.98 Å². The van der Waals surface area contributed by atoms with Crippen molar-refractivity contribution in [2.24, 2.45) is 0 Å². The summed E-state index contributed by atoms with van der Waals surface area (Å²) in [7, 11) is 0. The molecule has 0 saturated carbocycles. The van der Waals surface area contributed by atoms with Crippen LogP contribution < -0.4 is 0 Å². The van der Waals surface area contributed by atoms with Gasteiger partial charge in [-0.1, -0.05) is 6.92 Å². The molecule has 0 saturated heterocycles. The molecule has 13 heavy (non-hydrogen) atoms. The van der Waals surface area contributed by atoms with E-state index in [1.54, 1.807) is 6.92 Å². The summed E-state index contributed by atoms with van der Waals surface area (Å²) in [4.78, 5) is 14.0. The Hall–Kier alpha value is -1.78. The van der Waals surface area contributed by atoms with Crippen LogP contribution in [0.1, 0.15) is 22.8 Å². The van der Waals surface area contributed by atoms with Crippen molar-refractivity contribution in [1.82, 2.24) is 4.98 Å². The Labute approximate surface area is 74.3 Å². The van der Waals surface area contributed by atoms with Crippen molar-refractivity contribution >= 4 is 5.97 Å². The van der Waals surface area contributed by atoms with E-state index in [4.69, 9.17) is 10.2 Å². The standard InChI is InChI=1S/C8H9NO4/c1-2-4-5(8(12)13)3-6(10)9-7(4)11/h3H,2H2,1H3,(H,12,13)(H2,9,10,11). The van der Waals surface area contributed by atoms with E-state index in [-0.39, 0.29) is 11.1 Å². The number of aromatic nitrogens is 1. The van der Waals surface area contributed by atoms with Crippen LogP contribution in [0.4, 0.5) is 0 Å². The average Bonchev–Trinajstić information content (AvgIpc) is 2.02. The number of carbonyl (C=O) groups is 1. The number of aromatic hydroxyl groups is 2. The first-order chi connectivity index (χ1) is 6.06. The zero-order valence-corrected chi connectivity index (χ0v) is 6.98. The number of carboxylic acid groups (broad SMARTS) is 1. The molecule has 0 spiro atoms. The van der Waals surface area contributed by atoms with Gasteiger partial charge < -0.3 is 15.3 Å². The summed E-state index contributed by atoms with van der Waals surface area (Å²) in [6.45, 7) is 1.69. The number of pyridine rings is 1. The van der Waals surface area contributed by atoms with Gasteiger partial charge in [-0.15, -0.1) is 0 Å². The molecule has 0 aliphatic rings. The first kappa shape index (κ1) is 9.31. The lowest BCUT2D eigenvalue weighted by molar-refractivity contribution is 0.0694. The molecule has 1 aromatic rings. The SMILES string of the molecule is CCc1c(C(=O)O)cc(O)nc1O. The number of hydrogen-bond acceptors (Lipinski definition) is 4. The lowest BCUT2D eigenvalue weighted by atomic mass is 10.1. The van der Waals surface area contributed by atoms with Crippen molar-refractivity contribution < 1.29 is 20.1 Å². The minimum absolute atomic E-state index is 0.118. The van der Waals surface area contributed by atoms with E-state index in [2.05, 4.69) is 4.98 Å². The third kappa shape index (κ3) is 1.69. The van der Waals surface area contributed by atoms with Crippen LogP contribution in [0, 0.1) is 0 Å². The molecule has 0 fully saturated rings. The highest BCUT2D eigenvalue weighted by Crippen LogP contribution is 2.23. The van der Waals surface area contributed by atoms with Crippen LogP contribution in [-0.4, -0.2) is 26.3 Å². The van der Waals surface area contributed by atoms with Gasteiger partial charge in [0.05, 0.1) is 5.56 Å². The van der Waals surface area contributed by atoms with E-state index >= 15 is 0 Å². The van der Waals surface area contributed by atoms with Gasteiger partial charge in [-0.25, -0.2) is 4.79 Å². The Balaban J connectivity index is 3.38. The molecular weight excluding hydrogens is 174 g/mol. The average molecular weight is 183 g/mol. The predicted octanol–water partition coefficient (Wildman–Crippen LogP) is 0.753. The molecule has 0 unspecified atom stereocenters. The van der Waals surface area contributed by atoms with E-state index in [0.29, 0.717) is 6.42 Å². The molecule has 0 amide bonds. The third-order valence-electron chi connectivity index (χ3n) is 1.67. The van der Waals surface area contributed by atoms with Gasteiger partial charge in [-0.3, -0.25) is 0 Å². The van der Waals surface area contributed by atoms with Crippen LogP contribution in [0.3, 0.4) is 0 Å². The number of hydrogen-bond donors (Lipinski definition) is 3. The van der Waals surface area contributed by atoms with Crippen molar-refractivity contribution in [3.05, 3.63) is 17.2 Å². The molecular formula is C8H9NO4. The Morgan fingerprint density at radius 1 is 1.54 bits per heavy atom. The molecule has 0 aromatic carbocycles. The second kappa shape index (κ2) is 3.30. The Morgan fingerprint density at radius 3 is 2.62 bits per heavy atom. The molecule has 3 N–H and O–H groups in total. The van der Waals surface area contributed by atoms with Gasteiger partial charge in [0.2, 0.25) is 11.8 Å². The first-order valence-electron chi connectivity index (χ1n) is 3.71. The highest BCUT2D eigenvalue weighted by molar-refractivity contribution is 5.90. The molecule has 0 bridgehead atoms. The van der Waals surface area contributed by atoms with Gasteiger partial charge in [0.25, 0.3) is 0 Å². The highest BCUT2D eigenvalue weighted by atomic mass is 16.4. The molecule has 5 heteroatoms. The van der Waals surface area contributed by atoms with E-state index in [9.17, 15) is 9.90 Å². The van der Waals surface area contributed by atoms with Crippen LogP contribution in [0.2, 0.25) is 0 Å². The fourth-order valence-electron chi connectivity index (χ4n) is 1.08. The van der Waals surface area contributed by atoms with Crippen LogP contribution in [-0.2, 0) is 6.42 Å². The van der Waals surface area contributed by atoms with Gasteiger partial charge >= 0.3 is 5.97 Å². The normalized spacial score (nSPS) is 9.92. The van der Waals surface area contributed by atoms with E-state index < -0.39 is 17.7 Å². The molecule has 1 aromatic heterocycles. The first-order valence-corrected chi connectivity index (χ1v) is 3.71. The summed E-state index contributed by atoms with van der Waals surface area (Å²) in [6.07, 6.45) is 0.348. The van der Waals surface area contributed by atoms with Gasteiger partial charge in [0.1, 0.15) is 0 Å². The van der Waals surface area contributed by atoms with Crippen molar-refractivity contribution in [3.8, 4) is 11.8 Å². The number of carboxylic acids is 1. The summed E-state index contributed by atoms with van der Waals surface area (Å²) in [6, 6.07) is 1.01. The highest BCUT2D eigenvalue weighted by Gasteiger charge is 2.15. The Morgan fingerprint density at radius 2 is 2.15 bits per heavy atom. The van der Waals surface area contributed by atoms with E-state index in [1.165, 1.54) is 0 Å². The van der Waals surface area contributed by atoms with Crippen molar-refractivity contribution in [2.45, 2.75) is 13.3 Å². The second-order valence-corrected chi connectivity index (χ2v) is 2.49. The third-order valence-corrected chi connectivity index (χ3v) is 1.67. The number of nitrogens with zero attached hydrogens (tertiary/aromatic N) is 1. The van der Waals surface area contributed by atoms with Gasteiger partial charge in [-0.05, 0) is 6.42 Å². The molecule has 5 nitrogen and oxygen atoms in total. The molecule has 1 rings (SSSR count). The molecule has 0 atom stereocenters. The summed E-state index contributed by atoms with van der Waals surface area (Å²) >= 11 is 0. The van der Waals surface area contributed by atoms with Gasteiger partial charge in [0.15, 0.2) is 0 Å². The summed E-state index contributed by atoms with van der Waals surface area (Å²) < 4.78 is 0. The fourth-order valence-corrected chi connectivity index (χ4v) is 1.08. The van der Waals surface area contributed by atoms with Crippen LogP contribution in [0.5, 0.6) is 11.8 Å². The van der Waals surface area contributed by atoms with E-state index in [1.807, 2.05) is 0 Å². The second-order valence-electron chi connectivity index (χ2n) is 2.49. The summed E-state index contributed by atoms with van der Waals surface area (Å²) in [5.74, 6) is -2.11. The zero-order valence-electron chi connectivity index (χ0n) is 6.98. The summed E-state index contributed by atoms with van der Waals surface area (Å²) in [5.41, 5.74) is 0.109. The smallest absolute Gasteiger partial charge is 0.336 e. The maximum absolute atomic E-state index is 10.6. The minimum Gasteiger partial charge on any atom is -0.493 e. The van der Waals surface area contributed by atoms with Crippen LogP contribution >= 0.6 is 0 Å². The lowest BCUT2D eigenvalue weighted by Crippen LogP contribution is -2.03. The van der Waals surface area contributed by atoms with Crippen molar-refractivity contribution in [3.63, 3.8) is 0 Å². The predicted molar refractivity (Wildman–Crippen MR) is 43.9 cm³/mol. The largest absolute Gasteiger partial charge is 0.493 e. The van der Waals surface area contributed by atoms with Gasteiger partial charge in [0, 0.05) is 11.6 Å². The van der Waals surface area contributed by atoms with Crippen LogP contribution in [0.25, 0.3) is 0 Å². The maximum Gasteiger partial charge on any atom is 0.336 e. The maximum atomic E-state index is 10.6. The topological polar surface area (TPSA) is 90.7 Å². The molecule has 0 radical (unpaired) electrons. The zero-order chi connectivity index (χ0) is 10.0. The lowest BCUT2D eigenvalue weighted by Gasteiger charge is -2.05. The van der Waals surface area contributed by atoms with Crippen LogP contribution in [0.15, 0.2) is 6.07 Å². The van der Waals surface area contributed by atoms with E-state index in [0.717, 1.165) is 6.07 Å². The number of aromatic carboxylic acids is 1. The Bertz CT molecular complexity index is 348. The molecule has 1 heterocycles. The molecule has 70 valence electrons. The van der Waals surface area contributed by atoms with Crippen molar-refractivity contribution in [2.75, 3.05) is 0 Å². The Kier molecular flexibility index (Phi) is 2.36. The summed E-state index contributed by atoms with van der Waals surface area (Å²) in [5, 5.41) is 26.8.